The van der Waals surface area contributed by atoms with Crippen molar-refractivity contribution in [1.82, 2.24) is 19.7 Å². The molecule has 0 spiro atoms. The Morgan fingerprint density at radius 2 is 1.73 bits per heavy atom. The number of rotatable bonds is 10. The van der Waals surface area contributed by atoms with Gasteiger partial charge in [-0.15, -0.1) is 10.2 Å². The second-order valence-corrected chi connectivity index (χ2v) is 9.97. The maximum absolute atomic E-state index is 13.3. The smallest absolute Gasteiger partial charge is 0.192 e. The number of nitrogens with one attached hydrogen (secondary N) is 1. The van der Waals surface area contributed by atoms with Crippen molar-refractivity contribution in [2.45, 2.75) is 45.0 Å². The summed E-state index contributed by atoms with van der Waals surface area (Å²) < 4.78 is 8.16. The molecular formula is C30H30N4O2S. The number of thioether (sulfide) groups is 1. The number of carbonyl (C=O) groups is 1. The lowest BCUT2D eigenvalue weighted by Gasteiger charge is -2.18. The third kappa shape index (κ3) is 5.32. The number of carbonyl (C=O) groups excluding carboxylic acids is 1. The minimum Gasteiger partial charge on any atom is -0.486 e. The van der Waals surface area contributed by atoms with Crippen molar-refractivity contribution >= 4 is 28.4 Å². The van der Waals surface area contributed by atoms with Crippen molar-refractivity contribution in [2.75, 3.05) is 5.75 Å². The van der Waals surface area contributed by atoms with Gasteiger partial charge in [0.15, 0.2) is 16.8 Å². The van der Waals surface area contributed by atoms with Gasteiger partial charge in [0, 0.05) is 22.2 Å². The maximum atomic E-state index is 13.3. The van der Waals surface area contributed by atoms with Crippen LogP contribution < -0.4 is 4.74 Å². The van der Waals surface area contributed by atoms with Crippen molar-refractivity contribution < 1.29 is 9.53 Å². The molecule has 6 nitrogen and oxygen atoms in total. The van der Waals surface area contributed by atoms with Crippen LogP contribution in [-0.4, -0.2) is 31.3 Å². The first-order valence-corrected chi connectivity index (χ1v) is 13.5. The molecular weight excluding hydrogens is 480 g/mol. The van der Waals surface area contributed by atoms with Crippen molar-refractivity contribution in [1.29, 1.82) is 0 Å². The van der Waals surface area contributed by atoms with Crippen molar-refractivity contribution in [2.24, 2.45) is 0 Å². The normalized spacial score (nSPS) is 12.1. The molecule has 5 aromatic rings. The molecule has 1 atom stereocenters. The Kier molecular flexibility index (Phi) is 7.42. The van der Waals surface area contributed by atoms with Crippen LogP contribution in [0.5, 0.6) is 5.75 Å². The van der Waals surface area contributed by atoms with Crippen LogP contribution in [-0.2, 0) is 13.0 Å². The Labute approximate surface area is 221 Å². The lowest BCUT2D eigenvalue weighted by molar-refractivity contribution is 0.102. The SMILES string of the molecule is CCc1ccc(OCc2nnc(SCC(=O)c3c(C)[nH]c4ccccc34)n2[C@H](C)c2ccccc2)cc1. The number of Topliss-reactive ketones (excluding diaryl/α,β-unsaturated/α-hetero) is 1. The van der Waals surface area contributed by atoms with E-state index < -0.39 is 0 Å². The summed E-state index contributed by atoms with van der Waals surface area (Å²) in [5, 5.41) is 10.6. The first-order chi connectivity index (χ1) is 18.0. The monoisotopic (exact) mass is 510 g/mol. The predicted molar refractivity (Wildman–Crippen MR) is 149 cm³/mol. The number of ketones is 1. The lowest BCUT2D eigenvalue weighted by Crippen LogP contribution is -2.14. The standard InChI is InChI=1S/C30H30N4O2S/c1-4-22-14-16-24(17-15-22)36-18-28-32-33-30(34(28)21(3)23-10-6-5-7-11-23)37-19-27(35)29-20(2)31-26-13-9-8-12-25(26)29/h5-17,21,31H,4,18-19H2,1-3H3/t21-/m1/s1. The lowest BCUT2D eigenvalue weighted by atomic mass is 10.1. The van der Waals surface area contributed by atoms with E-state index in [1.807, 2.05) is 61.5 Å². The molecule has 0 aliphatic rings. The van der Waals surface area contributed by atoms with Crippen LogP contribution in [0.1, 0.15) is 52.9 Å². The van der Waals surface area contributed by atoms with E-state index >= 15 is 0 Å². The van der Waals surface area contributed by atoms with Gasteiger partial charge in [-0.25, -0.2) is 0 Å². The van der Waals surface area contributed by atoms with Crippen molar-refractivity contribution in [3.63, 3.8) is 0 Å². The molecule has 0 unspecified atom stereocenters. The number of hydrogen-bond acceptors (Lipinski definition) is 5. The van der Waals surface area contributed by atoms with Gasteiger partial charge in [0.2, 0.25) is 0 Å². The van der Waals surface area contributed by atoms with Crippen LogP contribution >= 0.6 is 11.8 Å². The van der Waals surface area contributed by atoms with E-state index in [0.29, 0.717) is 11.0 Å². The van der Waals surface area contributed by atoms with Crippen LogP contribution in [0.4, 0.5) is 0 Å². The van der Waals surface area contributed by atoms with Gasteiger partial charge in [0.1, 0.15) is 12.4 Å². The molecule has 0 saturated heterocycles. The van der Waals surface area contributed by atoms with Gasteiger partial charge in [-0.3, -0.25) is 9.36 Å². The minimum atomic E-state index is -0.0234. The summed E-state index contributed by atoms with van der Waals surface area (Å²) in [6.45, 7) is 6.48. The quantitative estimate of drug-likeness (QED) is 0.165. The molecule has 0 bridgehead atoms. The third-order valence-corrected chi connectivity index (χ3v) is 7.55. The predicted octanol–water partition coefficient (Wildman–Crippen LogP) is 6.79. The molecule has 0 saturated carbocycles. The number of H-pyrrole nitrogens is 1. The van der Waals surface area contributed by atoms with Gasteiger partial charge >= 0.3 is 0 Å². The highest BCUT2D eigenvalue weighted by atomic mass is 32.2. The minimum absolute atomic E-state index is 0.0234. The average molecular weight is 511 g/mol. The van der Waals surface area contributed by atoms with Gasteiger partial charge in [-0.2, -0.15) is 0 Å². The molecule has 1 N–H and O–H groups in total. The second-order valence-electron chi connectivity index (χ2n) is 9.02. The van der Waals surface area contributed by atoms with E-state index in [9.17, 15) is 4.79 Å². The fourth-order valence-electron chi connectivity index (χ4n) is 4.58. The van der Waals surface area contributed by atoms with Crippen LogP contribution in [0, 0.1) is 6.92 Å². The second kappa shape index (κ2) is 11.0. The zero-order valence-electron chi connectivity index (χ0n) is 21.3. The zero-order chi connectivity index (χ0) is 25.8. The molecule has 2 heterocycles. The Morgan fingerprint density at radius 1 is 1.00 bits per heavy atom. The molecule has 0 fully saturated rings. The summed E-state index contributed by atoms with van der Waals surface area (Å²) in [5.74, 6) is 1.84. The van der Waals surface area contributed by atoms with Gasteiger partial charge in [-0.1, -0.05) is 79.3 Å². The molecule has 5 rings (SSSR count). The van der Waals surface area contributed by atoms with E-state index in [2.05, 4.69) is 57.9 Å². The number of aromatic nitrogens is 4. The van der Waals surface area contributed by atoms with Crippen molar-refractivity contribution in [3.05, 3.63) is 107 Å². The first kappa shape index (κ1) is 24.8. The number of fused-ring (bicyclic) bond motifs is 1. The number of para-hydroxylation sites is 1. The summed E-state index contributed by atoms with van der Waals surface area (Å²) in [5.41, 5.74) is 5.00. The van der Waals surface area contributed by atoms with Crippen molar-refractivity contribution in [3.8, 4) is 5.75 Å². The summed E-state index contributed by atoms with van der Waals surface area (Å²) in [4.78, 5) is 16.6. The van der Waals surface area contributed by atoms with Crippen LogP contribution in [0.2, 0.25) is 0 Å². The Hall–Kier alpha value is -3.84. The van der Waals surface area contributed by atoms with Crippen LogP contribution in [0.15, 0.2) is 84.0 Å². The van der Waals surface area contributed by atoms with Crippen LogP contribution in [0.3, 0.4) is 0 Å². The number of hydrogen-bond donors (Lipinski definition) is 1. The van der Waals surface area contributed by atoms with E-state index in [1.54, 1.807) is 0 Å². The Morgan fingerprint density at radius 3 is 2.49 bits per heavy atom. The molecule has 37 heavy (non-hydrogen) atoms. The van der Waals surface area contributed by atoms with Gasteiger partial charge in [0.25, 0.3) is 0 Å². The summed E-state index contributed by atoms with van der Waals surface area (Å²) in [7, 11) is 0. The molecule has 3 aromatic carbocycles. The highest BCUT2D eigenvalue weighted by Gasteiger charge is 2.22. The Bertz CT molecular complexity index is 1510. The molecule has 0 radical (unpaired) electrons. The first-order valence-electron chi connectivity index (χ1n) is 12.5. The molecule has 7 heteroatoms. The number of ether oxygens (including phenoxy) is 1. The van der Waals surface area contributed by atoms with E-state index in [-0.39, 0.29) is 24.2 Å². The van der Waals surface area contributed by atoms with E-state index in [0.717, 1.165) is 39.9 Å². The average Bonchev–Trinajstić information content (AvgIpc) is 3.50. The topological polar surface area (TPSA) is 72.8 Å². The fourth-order valence-corrected chi connectivity index (χ4v) is 5.49. The van der Waals surface area contributed by atoms with Crippen LogP contribution in [0.25, 0.3) is 10.9 Å². The number of aromatic amines is 1. The summed E-state index contributed by atoms with van der Waals surface area (Å²) in [6.07, 6.45) is 0.987. The highest BCUT2D eigenvalue weighted by molar-refractivity contribution is 7.99. The maximum Gasteiger partial charge on any atom is 0.192 e. The molecule has 188 valence electrons. The molecule has 2 aromatic heterocycles. The van der Waals surface area contributed by atoms with Gasteiger partial charge in [0.05, 0.1) is 11.8 Å². The molecule has 0 aliphatic carbocycles. The number of nitrogens with zero attached hydrogens (tertiary/aromatic N) is 3. The third-order valence-electron chi connectivity index (χ3n) is 6.61. The summed E-state index contributed by atoms with van der Waals surface area (Å²) in [6, 6.07) is 26.2. The van der Waals surface area contributed by atoms with Gasteiger partial charge < -0.3 is 9.72 Å². The largest absolute Gasteiger partial charge is 0.486 e. The van der Waals surface area contributed by atoms with Gasteiger partial charge in [-0.05, 0) is 49.6 Å². The fraction of sp³-hybridized carbons (Fsp3) is 0.233. The molecule has 0 aliphatic heterocycles. The number of aryl methyl sites for hydroxylation is 2. The summed E-state index contributed by atoms with van der Waals surface area (Å²) >= 11 is 1.41. The van der Waals surface area contributed by atoms with E-state index in [1.165, 1.54) is 17.3 Å². The zero-order valence-corrected chi connectivity index (χ0v) is 22.1. The van der Waals surface area contributed by atoms with E-state index in [4.69, 9.17) is 4.74 Å². The highest BCUT2D eigenvalue weighted by Crippen LogP contribution is 2.29. The molecule has 0 amide bonds. The Balaban J connectivity index is 1.39. The number of benzene rings is 3.